The average molecular weight is 327 g/mol. The highest BCUT2D eigenvalue weighted by molar-refractivity contribution is 4.79. The number of morpholine rings is 1. The van der Waals surface area contributed by atoms with Crippen molar-refractivity contribution in [1.82, 2.24) is 0 Å². The molecule has 3 fully saturated rings. The average Bonchev–Trinajstić information content (AvgIpc) is 2.52. The van der Waals surface area contributed by atoms with Crippen LogP contribution < -0.4 is 0 Å². The fraction of sp³-hybridized carbons (Fsp3) is 1.00. The molecule has 0 saturated carbocycles. The highest BCUT2D eigenvalue weighted by atomic mass is 16.5. The van der Waals surface area contributed by atoms with Crippen molar-refractivity contribution in [3.8, 4) is 0 Å². The largest absolute Gasteiger partial charge is 0.372 e. The second kappa shape index (κ2) is 7.38. The number of quaternary nitrogens is 2. The quantitative estimate of drug-likeness (QED) is 0.722. The molecule has 0 aromatic carbocycles. The van der Waals surface area contributed by atoms with E-state index in [1.165, 1.54) is 49.7 Å². The maximum Gasteiger partial charge on any atom is 0.105 e. The van der Waals surface area contributed by atoms with E-state index in [4.69, 9.17) is 9.47 Å². The van der Waals surface area contributed by atoms with Crippen molar-refractivity contribution in [2.45, 2.75) is 51.2 Å². The van der Waals surface area contributed by atoms with Crippen molar-refractivity contribution < 1.29 is 18.4 Å². The zero-order valence-electron chi connectivity index (χ0n) is 15.6. The third kappa shape index (κ3) is 4.28. The van der Waals surface area contributed by atoms with E-state index in [0.717, 1.165) is 55.9 Å². The first-order chi connectivity index (χ1) is 11.0. The Bertz CT molecular complexity index is 380. The molecule has 0 spiro atoms. The van der Waals surface area contributed by atoms with E-state index in [1.807, 2.05) is 0 Å². The van der Waals surface area contributed by atoms with Gasteiger partial charge in [0.15, 0.2) is 0 Å². The van der Waals surface area contributed by atoms with Gasteiger partial charge in [-0.2, -0.15) is 0 Å². The summed E-state index contributed by atoms with van der Waals surface area (Å²) in [5.74, 6) is 0.784. The number of piperidine rings is 2. The van der Waals surface area contributed by atoms with Gasteiger partial charge in [-0.1, -0.05) is 0 Å². The summed E-state index contributed by atoms with van der Waals surface area (Å²) in [6.07, 6.45) is 7.41. The van der Waals surface area contributed by atoms with Gasteiger partial charge < -0.3 is 18.4 Å². The van der Waals surface area contributed by atoms with Gasteiger partial charge in [0.25, 0.3) is 0 Å². The highest BCUT2D eigenvalue weighted by Gasteiger charge is 2.43. The fourth-order valence-corrected chi connectivity index (χ4v) is 5.36. The van der Waals surface area contributed by atoms with E-state index in [9.17, 15) is 0 Å². The molecule has 3 heterocycles. The minimum absolute atomic E-state index is 0.363. The molecule has 0 bridgehead atoms. The van der Waals surface area contributed by atoms with Gasteiger partial charge in [0.1, 0.15) is 25.7 Å². The summed E-state index contributed by atoms with van der Waals surface area (Å²) < 4.78 is 14.3. The van der Waals surface area contributed by atoms with Crippen LogP contribution >= 0.6 is 0 Å². The smallest absolute Gasteiger partial charge is 0.105 e. The molecule has 3 aliphatic rings. The van der Waals surface area contributed by atoms with E-state index in [1.54, 1.807) is 0 Å². The molecule has 0 unspecified atom stereocenters. The van der Waals surface area contributed by atoms with Gasteiger partial charge in [0.2, 0.25) is 0 Å². The summed E-state index contributed by atoms with van der Waals surface area (Å²) in [4.78, 5) is 0. The molecule has 134 valence electrons. The van der Waals surface area contributed by atoms with Gasteiger partial charge in [0, 0.05) is 12.3 Å². The van der Waals surface area contributed by atoms with Crippen molar-refractivity contribution in [2.75, 3.05) is 66.6 Å². The third-order valence-corrected chi connectivity index (χ3v) is 6.85. The van der Waals surface area contributed by atoms with Crippen LogP contribution in [-0.4, -0.2) is 87.8 Å². The van der Waals surface area contributed by atoms with Gasteiger partial charge in [-0.15, -0.1) is 0 Å². The first kappa shape index (κ1) is 17.7. The van der Waals surface area contributed by atoms with E-state index < -0.39 is 0 Å². The summed E-state index contributed by atoms with van der Waals surface area (Å²) in [5.41, 5.74) is 0. The predicted molar refractivity (Wildman–Crippen MR) is 93.3 cm³/mol. The maximum atomic E-state index is 6.38. The second-order valence-electron chi connectivity index (χ2n) is 8.90. The SMILES string of the molecule is C[C@@H](C[N+]1(C)CCOCC1)OC[C@@H]1CCC[N@+]2(C)CCCC[C@H]12. The fourth-order valence-electron chi connectivity index (χ4n) is 5.36. The number of hydrogen-bond acceptors (Lipinski definition) is 2. The molecule has 23 heavy (non-hydrogen) atoms. The van der Waals surface area contributed by atoms with Gasteiger partial charge in [-0.25, -0.2) is 0 Å². The lowest BCUT2D eigenvalue weighted by Gasteiger charge is -2.51. The minimum Gasteiger partial charge on any atom is -0.372 e. The van der Waals surface area contributed by atoms with Crippen molar-refractivity contribution in [1.29, 1.82) is 0 Å². The van der Waals surface area contributed by atoms with Crippen LogP contribution in [0.15, 0.2) is 0 Å². The standard InChI is InChI=1S/C19H38N2O2/c1-17(15-20(2)11-13-22-14-12-20)23-16-18-7-6-10-21(3)9-5-4-8-19(18)21/h17-19H,4-16H2,1-3H3/q+2/t17-,18-,19+,21-/m0/s1. The Morgan fingerprint density at radius 3 is 2.52 bits per heavy atom. The monoisotopic (exact) mass is 326 g/mol. The molecule has 0 radical (unpaired) electrons. The van der Waals surface area contributed by atoms with E-state index in [0.29, 0.717) is 6.10 Å². The number of nitrogens with zero attached hydrogens (tertiary/aromatic N) is 2. The van der Waals surface area contributed by atoms with Crippen LogP contribution in [0.4, 0.5) is 0 Å². The Morgan fingerprint density at radius 1 is 1.00 bits per heavy atom. The molecule has 3 saturated heterocycles. The second-order valence-corrected chi connectivity index (χ2v) is 8.90. The van der Waals surface area contributed by atoms with E-state index in [2.05, 4.69) is 21.0 Å². The van der Waals surface area contributed by atoms with Gasteiger partial charge >= 0.3 is 0 Å². The van der Waals surface area contributed by atoms with Gasteiger partial charge in [-0.3, -0.25) is 0 Å². The minimum atomic E-state index is 0.363. The first-order valence-electron chi connectivity index (χ1n) is 9.88. The molecular weight excluding hydrogens is 288 g/mol. The lowest BCUT2D eigenvalue weighted by Crippen LogP contribution is -2.61. The van der Waals surface area contributed by atoms with Crippen LogP contribution in [-0.2, 0) is 9.47 Å². The summed E-state index contributed by atoms with van der Waals surface area (Å²) in [6.45, 7) is 11.3. The lowest BCUT2D eigenvalue weighted by molar-refractivity contribution is -0.947. The van der Waals surface area contributed by atoms with Gasteiger partial charge in [-0.05, 0) is 32.6 Å². The molecule has 0 aliphatic carbocycles. The molecule has 3 aliphatic heterocycles. The first-order valence-corrected chi connectivity index (χ1v) is 9.88. The Labute approximate surface area is 142 Å². The van der Waals surface area contributed by atoms with E-state index >= 15 is 0 Å². The zero-order chi connectivity index (χ0) is 16.3. The molecule has 0 amide bonds. The topological polar surface area (TPSA) is 18.5 Å². The number of rotatable bonds is 5. The molecule has 0 N–H and O–H groups in total. The summed E-state index contributed by atoms with van der Waals surface area (Å²) in [5, 5.41) is 0. The van der Waals surface area contributed by atoms with Gasteiger partial charge in [0.05, 0.1) is 53.0 Å². The van der Waals surface area contributed by atoms with E-state index in [-0.39, 0.29) is 0 Å². The van der Waals surface area contributed by atoms with Crippen molar-refractivity contribution >= 4 is 0 Å². The molecule has 3 rings (SSSR count). The number of ether oxygens (including phenoxy) is 2. The molecule has 0 aromatic rings. The van der Waals surface area contributed by atoms with Crippen LogP contribution in [0.2, 0.25) is 0 Å². The molecule has 4 heteroatoms. The van der Waals surface area contributed by atoms with Crippen molar-refractivity contribution in [3.63, 3.8) is 0 Å². The Balaban J connectivity index is 1.49. The number of fused-ring (bicyclic) bond motifs is 1. The third-order valence-electron chi connectivity index (χ3n) is 6.85. The van der Waals surface area contributed by atoms with Crippen molar-refractivity contribution in [2.24, 2.45) is 5.92 Å². The molecule has 4 nitrogen and oxygen atoms in total. The summed E-state index contributed by atoms with van der Waals surface area (Å²) in [6, 6.07) is 0.859. The van der Waals surface area contributed by atoms with Crippen molar-refractivity contribution in [3.05, 3.63) is 0 Å². The normalized spacial score (nSPS) is 38.7. The summed E-state index contributed by atoms with van der Waals surface area (Å²) >= 11 is 0. The van der Waals surface area contributed by atoms with Crippen LogP contribution in [0.25, 0.3) is 0 Å². The lowest BCUT2D eigenvalue weighted by atomic mass is 9.82. The maximum absolute atomic E-state index is 6.38. The van der Waals surface area contributed by atoms with Crippen LogP contribution in [0.5, 0.6) is 0 Å². The Kier molecular flexibility index (Phi) is 5.67. The molecule has 0 aromatic heterocycles. The zero-order valence-corrected chi connectivity index (χ0v) is 15.6. The van der Waals surface area contributed by atoms with Crippen LogP contribution in [0, 0.1) is 5.92 Å². The number of likely N-dealkylation sites (N-methyl/N-ethyl adjacent to an activating group) is 1. The molecule has 4 atom stereocenters. The molecular formula is C19H38N2O2+2. The Morgan fingerprint density at radius 2 is 1.74 bits per heavy atom. The number of hydrogen-bond donors (Lipinski definition) is 0. The van der Waals surface area contributed by atoms with Crippen LogP contribution in [0.3, 0.4) is 0 Å². The summed E-state index contributed by atoms with van der Waals surface area (Å²) in [7, 11) is 4.86. The van der Waals surface area contributed by atoms with Crippen LogP contribution in [0.1, 0.15) is 39.0 Å². The highest BCUT2D eigenvalue weighted by Crippen LogP contribution is 2.36. The Hall–Kier alpha value is -0.160. The predicted octanol–water partition coefficient (Wildman–Crippen LogP) is 2.28.